The molecule has 0 aliphatic heterocycles. The molecule has 2 nitrogen and oxygen atoms in total. The van der Waals surface area contributed by atoms with Gasteiger partial charge in [0.1, 0.15) is 6.10 Å². The van der Waals surface area contributed by atoms with E-state index in [1.807, 2.05) is 30.7 Å². The summed E-state index contributed by atoms with van der Waals surface area (Å²) in [5, 5.41) is 13.8. The molecule has 3 heteroatoms. The maximum Gasteiger partial charge on any atom is 0.106 e. The van der Waals surface area contributed by atoms with E-state index in [2.05, 4.69) is 0 Å². The summed E-state index contributed by atoms with van der Waals surface area (Å²) in [5.41, 5.74) is 0.963. The lowest BCUT2D eigenvalue weighted by atomic mass is 10.1. The van der Waals surface area contributed by atoms with Gasteiger partial charge in [-0.2, -0.15) is 11.3 Å². The molecule has 0 aromatic carbocycles. The summed E-state index contributed by atoms with van der Waals surface area (Å²) in [4.78, 5) is 0. The molecule has 2 atom stereocenters. The molecule has 0 bridgehead atoms. The molecular weight excluding hydrogens is 184 g/mol. The molecule has 0 aliphatic carbocycles. The highest BCUT2D eigenvalue weighted by atomic mass is 32.1. The molecule has 0 amide bonds. The number of hydrogen-bond acceptors (Lipinski definition) is 3. The van der Waals surface area contributed by atoms with E-state index >= 15 is 0 Å². The average Bonchev–Trinajstić information content (AvgIpc) is 2.65. The first kappa shape index (κ1) is 10.7. The molecule has 74 valence electrons. The molecule has 13 heavy (non-hydrogen) atoms. The molecule has 2 unspecified atom stereocenters. The summed E-state index contributed by atoms with van der Waals surface area (Å²) < 4.78 is 5.43. The van der Waals surface area contributed by atoms with Gasteiger partial charge in [0.05, 0.1) is 6.10 Å². The molecule has 1 N–H and O–H groups in total. The van der Waals surface area contributed by atoms with Gasteiger partial charge in [0.15, 0.2) is 0 Å². The van der Waals surface area contributed by atoms with Crippen molar-refractivity contribution in [3.63, 3.8) is 0 Å². The minimum absolute atomic E-state index is 0.0698. The van der Waals surface area contributed by atoms with E-state index in [4.69, 9.17) is 4.74 Å². The Labute approximate surface area is 83.2 Å². The van der Waals surface area contributed by atoms with Gasteiger partial charge >= 0.3 is 0 Å². The van der Waals surface area contributed by atoms with Gasteiger partial charge in [-0.25, -0.2) is 0 Å². The summed E-state index contributed by atoms with van der Waals surface area (Å²) in [5.74, 6) is 0. The maximum absolute atomic E-state index is 9.88. The molecule has 0 fully saturated rings. The van der Waals surface area contributed by atoms with E-state index in [0.717, 1.165) is 12.0 Å². The number of thiophene rings is 1. The van der Waals surface area contributed by atoms with Crippen LogP contribution in [0.3, 0.4) is 0 Å². The summed E-state index contributed by atoms with van der Waals surface area (Å²) in [7, 11) is 0. The largest absolute Gasteiger partial charge is 0.386 e. The Kier molecular flexibility index (Phi) is 4.42. The SMILES string of the molecule is CCOC(CC)C(O)c1ccsc1. The minimum Gasteiger partial charge on any atom is -0.386 e. The van der Waals surface area contributed by atoms with Crippen molar-refractivity contribution >= 4 is 11.3 Å². The van der Waals surface area contributed by atoms with Crippen molar-refractivity contribution in [2.45, 2.75) is 32.5 Å². The summed E-state index contributed by atoms with van der Waals surface area (Å²) in [6, 6.07) is 1.94. The number of aliphatic hydroxyl groups excluding tert-OH is 1. The monoisotopic (exact) mass is 200 g/mol. The van der Waals surface area contributed by atoms with Crippen LogP contribution in [0.1, 0.15) is 31.9 Å². The normalized spacial score (nSPS) is 15.6. The van der Waals surface area contributed by atoms with Crippen LogP contribution in [0.4, 0.5) is 0 Å². The van der Waals surface area contributed by atoms with Crippen molar-refractivity contribution in [2.75, 3.05) is 6.61 Å². The van der Waals surface area contributed by atoms with Crippen LogP contribution < -0.4 is 0 Å². The third-order valence-corrected chi connectivity index (χ3v) is 2.72. The second kappa shape index (κ2) is 5.37. The zero-order valence-electron chi connectivity index (χ0n) is 8.06. The topological polar surface area (TPSA) is 29.5 Å². The lowest BCUT2D eigenvalue weighted by molar-refractivity contribution is -0.0354. The van der Waals surface area contributed by atoms with Crippen LogP contribution in [0.5, 0.6) is 0 Å². The van der Waals surface area contributed by atoms with Gasteiger partial charge in [-0.1, -0.05) is 6.92 Å². The fraction of sp³-hybridized carbons (Fsp3) is 0.600. The Hall–Kier alpha value is -0.380. The van der Waals surface area contributed by atoms with E-state index in [0.29, 0.717) is 6.61 Å². The zero-order chi connectivity index (χ0) is 9.68. The van der Waals surface area contributed by atoms with Crippen molar-refractivity contribution in [2.24, 2.45) is 0 Å². The minimum atomic E-state index is -0.476. The van der Waals surface area contributed by atoms with Gasteiger partial charge in [0.25, 0.3) is 0 Å². The van der Waals surface area contributed by atoms with Crippen molar-refractivity contribution < 1.29 is 9.84 Å². The Bertz CT molecular complexity index is 221. The highest BCUT2D eigenvalue weighted by Crippen LogP contribution is 2.23. The number of rotatable bonds is 5. The molecule has 0 spiro atoms. The smallest absolute Gasteiger partial charge is 0.106 e. The predicted molar refractivity (Wildman–Crippen MR) is 55.0 cm³/mol. The molecule has 0 saturated carbocycles. The molecule has 1 heterocycles. The van der Waals surface area contributed by atoms with Gasteiger partial charge < -0.3 is 9.84 Å². The quantitative estimate of drug-likeness (QED) is 0.791. The second-order valence-electron chi connectivity index (χ2n) is 2.90. The van der Waals surface area contributed by atoms with Crippen LogP contribution in [-0.2, 0) is 4.74 Å². The highest BCUT2D eigenvalue weighted by Gasteiger charge is 2.19. The van der Waals surface area contributed by atoms with E-state index in [1.165, 1.54) is 0 Å². The average molecular weight is 200 g/mol. The Morgan fingerprint density at radius 1 is 1.54 bits per heavy atom. The predicted octanol–water partition coefficient (Wildman–Crippen LogP) is 2.60. The van der Waals surface area contributed by atoms with E-state index in [-0.39, 0.29) is 6.10 Å². The number of hydrogen-bond donors (Lipinski definition) is 1. The van der Waals surface area contributed by atoms with Crippen molar-refractivity contribution in [1.82, 2.24) is 0 Å². The maximum atomic E-state index is 9.88. The first-order valence-corrected chi connectivity index (χ1v) is 5.55. The second-order valence-corrected chi connectivity index (χ2v) is 3.68. The van der Waals surface area contributed by atoms with E-state index < -0.39 is 6.10 Å². The van der Waals surface area contributed by atoms with Gasteiger partial charge in [-0.05, 0) is 35.7 Å². The van der Waals surface area contributed by atoms with Crippen LogP contribution in [0, 0.1) is 0 Å². The molecule has 0 radical (unpaired) electrons. The van der Waals surface area contributed by atoms with Crippen LogP contribution in [0.15, 0.2) is 16.8 Å². The standard InChI is InChI=1S/C10H16O2S/c1-3-9(12-4-2)10(11)8-5-6-13-7-8/h5-7,9-11H,3-4H2,1-2H3. The van der Waals surface area contributed by atoms with Crippen LogP contribution in [-0.4, -0.2) is 17.8 Å². The molecule has 1 aromatic rings. The third-order valence-electron chi connectivity index (χ3n) is 2.02. The first-order valence-electron chi connectivity index (χ1n) is 4.61. The highest BCUT2D eigenvalue weighted by molar-refractivity contribution is 7.07. The first-order chi connectivity index (χ1) is 6.29. The molecule has 1 aromatic heterocycles. The number of aliphatic hydroxyl groups is 1. The molecule has 0 aliphatic rings. The van der Waals surface area contributed by atoms with E-state index in [1.54, 1.807) is 11.3 Å². The Balaban J connectivity index is 2.58. The van der Waals surface area contributed by atoms with Crippen molar-refractivity contribution in [1.29, 1.82) is 0 Å². The fourth-order valence-electron chi connectivity index (χ4n) is 1.30. The van der Waals surface area contributed by atoms with Crippen molar-refractivity contribution in [3.8, 4) is 0 Å². The molecule has 0 saturated heterocycles. The van der Waals surface area contributed by atoms with Crippen LogP contribution >= 0.6 is 11.3 Å². The number of ether oxygens (including phenoxy) is 1. The van der Waals surface area contributed by atoms with Crippen LogP contribution in [0.2, 0.25) is 0 Å². The molecule has 1 rings (SSSR count). The lowest BCUT2D eigenvalue weighted by Crippen LogP contribution is -2.20. The van der Waals surface area contributed by atoms with Gasteiger partial charge in [-0.3, -0.25) is 0 Å². The van der Waals surface area contributed by atoms with Gasteiger partial charge in [0.2, 0.25) is 0 Å². The van der Waals surface area contributed by atoms with Crippen LogP contribution in [0.25, 0.3) is 0 Å². The van der Waals surface area contributed by atoms with Crippen molar-refractivity contribution in [3.05, 3.63) is 22.4 Å². The summed E-state index contributed by atoms with van der Waals surface area (Å²) >= 11 is 1.60. The summed E-state index contributed by atoms with van der Waals surface area (Å²) in [6.07, 6.45) is 0.293. The third kappa shape index (κ3) is 2.79. The zero-order valence-corrected chi connectivity index (χ0v) is 8.88. The molecular formula is C10H16O2S. The summed E-state index contributed by atoms with van der Waals surface area (Å²) in [6.45, 7) is 4.62. The lowest BCUT2D eigenvalue weighted by Gasteiger charge is -2.20. The Morgan fingerprint density at radius 3 is 2.77 bits per heavy atom. The van der Waals surface area contributed by atoms with Gasteiger partial charge in [0, 0.05) is 6.61 Å². The fourth-order valence-corrected chi connectivity index (χ4v) is 1.99. The van der Waals surface area contributed by atoms with E-state index in [9.17, 15) is 5.11 Å². The Morgan fingerprint density at radius 2 is 2.31 bits per heavy atom. The van der Waals surface area contributed by atoms with Gasteiger partial charge in [-0.15, -0.1) is 0 Å².